The number of nitrogens with one attached hydrogen (secondary N) is 1. The molecule has 0 fully saturated rings. The van der Waals surface area contributed by atoms with Crippen LogP contribution in [-0.2, 0) is 23.9 Å². The summed E-state index contributed by atoms with van der Waals surface area (Å²) in [6.07, 6.45) is 5.88. The van der Waals surface area contributed by atoms with Gasteiger partial charge in [0.2, 0.25) is 5.91 Å². The summed E-state index contributed by atoms with van der Waals surface area (Å²) >= 11 is 0. The van der Waals surface area contributed by atoms with Crippen LogP contribution in [0.1, 0.15) is 58.3 Å². The largest absolute Gasteiger partial charge is 0.469 e. The van der Waals surface area contributed by atoms with E-state index in [0.29, 0.717) is 6.42 Å². The van der Waals surface area contributed by atoms with Gasteiger partial charge in [0.05, 0.1) is 14.2 Å². The summed E-state index contributed by atoms with van der Waals surface area (Å²) in [4.78, 5) is 34.5. The molecule has 0 aliphatic carbocycles. The highest BCUT2D eigenvalue weighted by Gasteiger charge is 2.22. The van der Waals surface area contributed by atoms with Crippen molar-refractivity contribution in [2.24, 2.45) is 0 Å². The van der Waals surface area contributed by atoms with E-state index < -0.39 is 18.0 Å². The van der Waals surface area contributed by atoms with Gasteiger partial charge in [0.25, 0.3) is 0 Å². The Bertz CT molecular complexity index is 330. The molecule has 0 saturated carbocycles. The number of amides is 1. The molecule has 0 aliphatic heterocycles. The summed E-state index contributed by atoms with van der Waals surface area (Å²) < 4.78 is 9.15. The molecule has 6 heteroatoms. The average molecular weight is 301 g/mol. The molecule has 0 aliphatic rings. The van der Waals surface area contributed by atoms with E-state index in [1.165, 1.54) is 20.6 Å². The van der Waals surface area contributed by atoms with E-state index in [1.807, 2.05) is 0 Å². The molecule has 0 aromatic heterocycles. The third kappa shape index (κ3) is 9.87. The Hall–Kier alpha value is -1.59. The maximum absolute atomic E-state index is 11.8. The number of carbonyl (C=O) groups excluding carboxylic acids is 3. The maximum Gasteiger partial charge on any atom is 0.328 e. The lowest BCUT2D eigenvalue weighted by atomic mass is 10.1. The topological polar surface area (TPSA) is 81.7 Å². The molecule has 0 saturated heterocycles. The van der Waals surface area contributed by atoms with Crippen molar-refractivity contribution >= 4 is 17.8 Å². The van der Waals surface area contributed by atoms with E-state index in [2.05, 4.69) is 21.7 Å². The summed E-state index contributed by atoms with van der Waals surface area (Å²) in [5.41, 5.74) is 0. The lowest BCUT2D eigenvalue weighted by Gasteiger charge is -2.15. The second-order valence-electron chi connectivity index (χ2n) is 4.92. The van der Waals surface area contributed by atoms with Crippen molar-refractivity contribution in [2.75, 3.05) is 14.2 Å². The van der Waals surface area contributed by atoms with Crippen molar-refractivity contribution in [1.82, 2.24) is 5.32 Å². The molecule has 0 rings (SSSR count). The third-order valence-electron chi connectivity index (χ3n) is 3.19. The van der Waals surface area contributed by atoms with E-state index in [9.17, 15) is 14.4 Å². The highest BCUT2D eigenvalue weighted by molar-refractivity contribution is 5.84. The molecule has 0 spiro atoms. The van der Waals surface area contributed by atoms with Crippen LogP contribution in [0.3, 0.4) is 0 Å². The van der Waals surface area contributed by atoms with Crippen molar-refractivity contribution < 1.29 is 23.9 Å². The zero-order chi connectivity index (χ0) is 16.1. The van der Waals surface area contributed by atoms with Crippen LogP contribution in [0, 0.1) is 0 Å². The molecule has 21 heavy (non-hydrogen) atoms. The highest BCUT2D eigenvalue weighted by Crippen LogP contribution is 2.06. The van der Waals surface area contributed by atoms with Crippen molar-refractivity contribution in [3.05, 3.63) is 0 Å². The molecule has 1 atom stereocenters. The Morgan fingerprint density at radius 1 is 0.952 bits per heavy atom. The summed E-state index contributed by atoms with van der Waals surface area (Å²) in [6.45, 7) is 2.13. The first-order valence-electron chi connectivity index (χ1n) is 7.49. The van der Waals surface area contributed by atoms with Crippen molar-refractivity contribution in [1.29, 1.82) is 0 Å². The van der Waals surface area contributed by atoms with Gasteiger partial charge < -0.3 is 14.8 Å². The van der Waals surface area contributed by atoms with Gasteiger partial charge in [0, 0.05) is 12.8 Å². The molecular formula is C15H27NO5. The normalized spacial score (nSPS) is 11.6. The van der Waals surface area contributed by atoms with Gasteiger partial charge in [-0.15, -0.1) is 0 Å². The van der Waals surface area contributed by atoms with Gasteiger partial charge in [-0.05, 0) is 12.8 Å². The van der Waals surface area contributed by atoms with Gasteiger partial charge in [0.15, 0.2) is 0 Å². The Labute approximate surface area is 126 Å². The zero-order valence-corrected chi connectivity index (χ0v) is 13.3. The number of esters is 2. The smallest absolute Gasteiger partial charge is 0.328 e. The first-order chi connectivity index (χ1) is 10.0. The quantitative estimate of drug-likeness (QED) is 0.466. The van der Waals surface area contributed by atoms with Crippen LogP contribution in [0.5, 0.6) is 0 Å². The average Bonchev–Trinajstić information content (AvgIpc) is 2.49. The Kier molecular flexibility index (Phi) is 11.3. The number of ether oxygens (including phenoxy) is 2. The Morgan fingerprint density at radius 3 is 2.19 bits per heavy atom. The van der Waals surface area contributed by atoms with Crippen LogP contribution in [0.2, 0.25) is 0 Å². The molecular weight excluding hydrogens is 274 g/mol. The summed E-state index contributed by atoms with van der Waals surface area (Å²) in [5, 5.41) is 2.62. The summed E-state index contributed by atoms with van der Waals surface area (Å²) in [7, 11) is 2.54. The van der Waals surface area contributed by atoms with Crippen molar-refractivity contribution in [2.45, 2.75) is 64.3 Å². The maximum atomic E-state index is 11.8. The number of hydrogen-bond donors (Lipinski definition) is 1. The van der Waals surface area contributed by atoms with Crippen LogP contribution < -0.4 is 5.32 Å². The van der Waals surface area contributed by atoms with Gasteiger partial charge >= 0.3 is 11.9 Å². The minimum Gasteiger partial charge on any atom is -0.469 e. The predicted octanol–water partition coefficient (Wildman–Crippen LogP) is 1.96. The molecule has 0 aromatic rings. The number of methoxy groups -OCH3 is 2. The fourth-order valence-corrected chi connectivity index (χ4v) is 1.91. The van der Waals surface area contributed by atoms with Crippen LogP contribution in [-0.4, -0.2) is 38.1 Å². The van der Waals surface area contributed by atoms with E-state index in [-0.39, 0.29) is 18.7 Å². The molecule has 0 aromatic carbocycles. The molecule has 6 nitrogen and oxygen atoms in total. The van der Waals surface area contributed by atoms with E-state index >= 15 is 0 Å². The highest BCUT2D eigenvalue weighted by atomic mass is 16.5. The molecule has 0 bridgehead atoms. The number of rotatable bonds is 11. The zero-order valence-electron chi connectivity index (χ0n) is 13.3. The SMILES string of the molecule is CCCCCCCC(=O)NC(CCC(=O)OC)C(=O)OC. The lowest BCUT2D eigenvalue weighted by molar-refractivity contribution is -0.146. The second kappa shape index (κ2) is 12.2. The Balaban J connectivity index is 4.11. The molecule has 122 valence electrons. The van der Waals surface area contributed by atoms with Gasteiger partial charge in [-0.2, -0.15) is 0 Å². The molecule has 1 amide bonds. The first-order valence-corrected chi connectivity index (χ1v) is 7.49. The fourth-order valence-electron chi connectivity index (χ4n) is 1.91. The van der Waals surface area contributed by atoms with Crippen molar-refractivity contribution in [3.63, 3.8) is 0 Å². The summed E-state index contributed by atoms with van der Waals surface area (Å²) in [6, 6.07) is -0.794. The van der Waals surface area contributed by atoms with E-state index in [1.54, 1.807) is 0 Å². The fraction of sp³-hybridized carbons (Fsp3) is 0.800. The monoisotopic (exact) mass is 301 g/mol. The number of unbranched alkanes of at least 4 members (excludes halogenated alkanes) is 4. The minimum absolute atomic E-state index is 0.0625. The number of hydrogen-bond acceptors (Lipinski definition) is 5. The molecule has 1 N–H and O–H groups in total. The molecule has 1 unspecified atom stereocenters. The Morgan fingerprint density at radius 2 is 1.62 bits per heavy atom. The van der Waals surface area contributed by atoms with Crippen LogP contribution in [0.15, 0.2) is 0 Å². The van der Waals surface area contributed by atoms with Gasteiger partial charge in [-0.1, -0.05) is 32.6 Å². The van der Waals surface area contributed by atoms with Gasteiger partial charge in [-0.3, -0.25) is 9.59 Å². The van der Waals surface area contributed by atoms with E-state index in [0.717, 1.165) is 25.7 Å². The molecule has 0 heterocycles. The number of carbonyl (C=O) groups is 3. The molecule has 0 radical (unpaired) electrons. The second-order valence-corrected chi connectivity index (χ2v) is 4.92. The summed E-state index contributed by atoms with van der Waals surface area (Å²) in [5.74, 6) is -1.15. The minimum atomic E-state index is -0.794. The van der Waals surface area contributed by atoms with Crippen LogP contribution in [0.4, 0.5) is 0 Å². The standard InChI is InChI=1S/C15H27NO5/c1-4-5-6-7-8-9-13(17)16-12(15(19)21-3)10-11-14(18)20-2/h12H,4-11H2,1-3H3,(H,16,17). The van der Waals surface area contributed by atoms with E-state index in [4.69, 9.17) is 0 Å². The lowest BCUT2D eigenvalue weighted by Crippen LogP contribution is -2.41. The predicted molar refractivity (Wildman–Crippen MR) is 78.6 cm³/mol. The third-order valence-corrected chi connectivity index (χ3v) is 3.19. The van der Waals surface area contributed by atoms with Gasteiger partial charge in [-0.25, -0.2) is 4.79 Å². The first kappa shape index (κ1) is 19.4. The van der Waals surface area contributed by atoms with Crippen LogP contribution in [0.25, 0.3) is 0 Å². The van der Waals surface area contributed by atoms with Crippen LogP contribution >= 0.6 is 0 Å². The van der Waals surface area contributed by atoms with Gasteiger partial charge in [0.1, 0.15) is 6.04 Å². The van der Waals surface area contributed by atoms with Crippen molar-refractivity contribution in [3.8, 4) is 0 Å².